The number of ether oxygens (including phenoxy) is 2. The lowest BCUT2D eigenvalue weighted by molar-refractivity contribution is -0.119. The van der Waals surface area contributed by atoms with E-state index in [1.807, 2.05) is 44.2 Å². The molecule has 0 aliphatic rings. The van der Waals surface area contributed by atoms with Crippen LogP contribution in [0.3, 0.4) is 0 Å². The number of nitrogens with one attached hydrogen (secondary N) is 3. The second-order valence-corrected chi connectivity index (χ2v) is 7.04. The van der Waals surface area contributed by atoms with Crippen LogP contribution in [0.15, 0.2) is 48.5 Å². The van der Waals surface area contributed by atoms with Crippen molar-refractivity contribution >= 4 is 17.6 Å². The number of carbonyl (C=O) groups excluding carboxylic acids is 2. The highest BCUT2D eigenvalue weighted by Crippen LogP contribution is 2.30. The average molecular weight is 414 g/mol. The van der Waals surface area contributed by atoms with Gasteiger partial charge in [-0.3, -0.25) is 10.1 Å². The zero-order valence-electron chi connectivity index (χ0n) is 18.0. The van der Waals surface area contributed by atoms with Gasteiger partial charge in [0, 0.05) is 17.8 Å². The van der Waals surface area contributed by atoms with E-state index in [1.165, 1.54) is 0 Å². The summed E-state index contributed by atoms with van der Waals surface area (Å²) in [5.41, 5.74) is 1.60. The Balaban J connectivity index is 1.91. The van der Waals surface area contributed by atoms with Gasteiger partial charge in [0.2, 0.25) is 5.91 Å². The number of hydrogen-bond acceptors (Lipinski definition) is 5. The first kappa shape index (κ1) is 23.2. The summed E-state index contributed by atoms with van der Waals surface area (Å²) in [5.74, 6) is 1.01. The maximum atomic E-state index is 12.2. The zero-order valence-corrected chi connectivity index (χ0v) is 18.0. The van der Waals surface area contributed by atoms with Crippen LogP contribution in [0.5, 0.6) is 11.5 Å². The molecule has 0 saturated carbocycles. The number of urea groups is 1. The minimum absolute atomic E-state index is 0.0138. The molecule has 2 aromatic rings. The van der Waals surface area contributed by atoms with Gasteiger partial charge < -0.3 is 20.1 Å². The summed E-state index contributed by atoms with van der Waals surface area (Å²) in [6, 6.07) is 14.4. The molecule has 0 aliphatic heterocycles. The molecule has 7 heteroatoms. The Labute approximate surface area is 178 Å². The number of rotatable bonds is 10. The molecule has 0 saturated heterocycles. The summed E-state index contributed by atoms with van der Waals surface area (Å²) in [6.45, 7) is 8.92. The molecule has 0 aromatic heterocycles. The predicted octanol–water partition coefficient (Wildman–Crippen LogP) is 4.12. The third-order valence-corrected chi connectivity index (χ3v) is 4.36. The van der Waals surface area contributed by atoms with E-state index in [4.69, 9.17) is 9.47 Å². The lowest BCUT2D eigenvalue weighted by atomic mass is 9.96. The van der Waals surface area contributed by atoms with Crippen molar-refractivity contribution in [1.29, 1.82) is 0 Å². The Morgan fingerprint density at radius 1 is 0.933 bits per heavy atom. The third kappa shape index (κ3) is 7.08. The number of amides is 3. The van der Waals surface area contributed by atoms with Crippen molar-refractivity contribution in [1.82, 2.24) is 10.6 Å². The van der Waals surface area contributed by atoms with Crippen molar-refractivity contribution in [2.75, 3.05) is 25.1 Å². The number of anilines is 1. The van der Waals surface area contributed by atoms with E-state index >= 15 is 0 Å². The molecule has 3 amide bonds. The Bertz CT molecular complexity index is 824. The highest BCUT2D eigenvalue weighted by molar-refractivity contribution is 6.01. The quantitative estimate of drug-likeness (QED) is 0.545. The first-order chi connectivity index (χ1) is 14.4. The first-order valence-corrected chi connectivity index (χ1v) is 10.2. The van der Waals surface area contributed by atoms with Gasteiger partial charge in [-0.2, -0.15) is 0 Å². The van der Waals surface area contributed by atoms with Crippen molar-refractivity contribution in [3.8, 4) is 11.5 Å². The number of carbonyl (C=O) groups is 2. The van der Waals surface area contributed by atoms with Gasteiger partial charge in [0.05, 0.1) is 19.8 Å². The maximum absolute atomic E-state index is 12.2. The molecule has 2 aromatic carbocycles. The fraction of sp³-hybridized carbons (Fsp3) is 0.391. The maximum Gasteiger partial charge on any atom is 0.325 e. The SMILES string of the molecule is CCOc1ccc(NC(=O)NC(=O)CN[C@H](c2ccccc2)C(C)C)cc1OCC. The van der Waals surface area contributed by atoms with Crippen molar-refractivity contribution in [3.63, 3.8) is 0 Å². The molecule has 0 fully saturated rings. The smallest absolute Gasteiger partial charge is 0.325 e. The molecule has 0 heterocycles. The molecule has 30 heavy (non-hydrogen) atoms. The molecule has 7 nitrogen and oxygen atoms in total. The molecular weight excluding hydrogens is 382 g/mol. The summed E-state index contributed by atoms with van der Waals surface area (Å²) in [5, 5.41) is 8.21. The van der Waals surface area contributed by atoms with Crippen molar-refractivity contribution < 1.29 is 19.1 Å². The van der Waals surface area contributed by atoms with Gasteiger partial charge in [0.1, 0.15) is 0 Å². The van der Waals surface area contributed by atoms with E-state index in [0.717, 1.165) is 5.56 Å². The van der Waals surface area contributed by atoms with E-state index in [-0.39, 0.29) is 18.5 Å². The standard InChI is InChI=1S/C23H31N3O4/c1-5-29-19-13-12-18(14-20(19)30-6-2)25-23(28)26-21(27)15-24-22(16(3)4)17-10-8-7-9-11-17/h7-14,16,22,24H,5-6,15H2,1-4H3,(H2,25,26,27,28)/t22-/m0/s1. The minimum Gasteiger partial charge on any atom is -0.490 e. The number of imide groups is 1. The fourth-order valence-corrected chi connectivity index (χ4v) is 3.06. The Hall–Kier alpha value is -3.06. The Morgan fingerprint density at radius 3 is 2.23 bits per heavy atom. The molecule has 1 atom stereocenters. The van der Waals surface area contributed by atoms with Crippen LogP contribution < -0.4 is 25.4 Å². The van der Waals surface area contributed by atoms with Gasteiger partial charge in [-0.15, -0.1) is 0 Å². The molecule has 0 radical (unpaired) electrons. The van der Waals surface area contributed by atoms with E-state index in [0.29, 0.717) is 30.4 Å². The second kappa shape index (κ2) is 11.8. The van der Waals surface area contributed by atoms with Crippen LogP contribution in [0.4, 0.5) is 10.5 Å². The molecule has 0 unspecified atom stereocenters. The summed E-state index contributed by atoms with van der Waals surface area (Å²) in [6.07, 6.45) is 0. The van der Waals surface area contributed by atoms with Crippen LogP contribution in [0.25, 0.3) is 0 Å². The van der Waals surface area contributed by atoms with Gasteiger partial charge in [-0.1, -0.05) is 44.2 Å². The summed E-state index contributed by atoms with van der Waals surface area (Å²) in [4.78, 5) is 24.4. The first-order valence-electron chi connectivity index (χ1n) is 10.2. The van der Waals surface area contributed by atoms with Gasteiger partial charge in [-0.05, 0) is 37.5 Å². The molecule has 3 N–H and O–H groups in total. The summed E-state index contributed by atoms with van der Waals surface area (Å²) >= 11 is 0. The number of hydrogen-bond donors (Lipinski definition) is 3. The highest BCUT2D eigenvalue weighted by Gasteiger charge is 2.17. The van der Waals surface area contributed by atoms with E-state index in [2.05, 4.69) is 29.8 Å². The number of benzene rings is 2. The summed E-state index contributed by atoms with van der Waals surface area (Å²) in [7, 11) is 0. The van der Waals surface area contributed by atoms with Crippen LogP contribution in [-0.4, -0.2) is 31.7 Å². The zero-order chi connectivity index (χ0) is 21.9. The van der Waals surface area contributed by atoms with E-state index < -0.39 is 11.9 Å². The van der Waals surface area contributed by atoms with E-state index in [9.17, 15) is 9.59 Å². The summed E-state index contributed by atoms with van der Waals surface area (Å²) < 4.78 is 11.1. The van der Waals surface area contributed by atoms with Gasteiger partial charge in [-0.25, -0.2) is 4.79 Å². The molecular formula is C23H31N3O4. The van der Waals surface area contributed by atoms with Crippen molar-refractivity contribution in [3.05, 3.63) is 54.1 Å². The monoisotopic (exact) mass is 413 g/mol. The lowest BCUT2D eigenvalue weighted by Gasteiger charge is -2.22. The average Bonchev–Trinajstić information content (AvgIpc) is 2.71. The fourth-order valence-electron chi connectivity index (χ4n) is 3.06. The normalized spacial score (nSPS) is 11.6. The topological polar surface area (TPSA) is 88.7 Å². The Morgan fingerprint density at radius 2 is 1.60 bits per heavy atom. The van der Waals surface area contributed by atoms with Crippen LogP contribution in [-0.2, 0) is 4.79 Å². The molecule has 2 rings (SSSR count). The highest BCUT2D eigenvalue weighted by atomic mass is 16.5. The van der Waals surface area contributed by atoms with E-state index in [1.54, 1.807) is 18.2 Å². The largest absolute Gasteiger partial charge is 0.490 e. The Kier molecular flexibility index (Phi) is 9.15. The van der Waals surface area contributed by atoms with Gasteiger partial charge in [0.15, 0.2) is 11.5 Å². The van der Waals surface area contributed by atoms with Crippen LogP contribution in [0.1, 0.15) is 39.3 Å². The lowest BCUT2D eigenvalue weighted by Crippen LogP contribution is -2.41. The molecule has 0 aliphatic carbocycles. The van der Waals surface area contributed by atoms with Crippen molar-refractivity contribution in [2.24, 2.45) is 5.92 Å². The molecule has 162 valence electrons. The van der Waals surface area contributed by atoms with Gasteiger partial charge >= 0.3 is 6.03 Å². The van der Waals surface area contributed by atoms with Crippen LogP contribution in [0.2, 0.25) is 0 Å². The van der Waals surface area contributed by atoms with Gasteiger partial charge in [0.25, 0.3) is 0 Å². The van der Waals surface area contributed by atoms with Crippen molar-refractivity contribution in [2.45, 2.75) is 33.7 Å². The molecule has 0 bridgehead atoms. The minimum atomic E-state index is -0.603. The third-order valence-electron chi connectivity index (χ3n) is 4.36. The second-order valence-electron chi connectivity index (χ2n) is 7.04. The predicted molar refractivity (Wildman–Crippen MR) is 118 cm³/mol. The van der Waals surface area contributed by atoms with Crippen LogP contribution >= 0.6 is 0 Å². The van der Waals surface area contributed by atoms with Crippen LogP contribution in [0, 0.1) is 5.92 Å². The molecule has 0 spiro atoms.